The van der Waals surface area contributed by atoms with Gasteiger partial charge in [-0.05, 0) is 50.9 Å². The Balaban J connectivity index is 2.69. The Kier molecular flexibility index (Phi) is 11.8. The normalized spacial score (nSPS) is 18.2. The Labute approximate surface area is 198 Å². The summed E-state index contributed by atoms with van der Waals surface area (Å²) < 4.78 is 5.36. The molecular formula is C25H39ClN2O4. The summed E-state index contributed by atoms with van der Waals surface area (Å²) in [5.41, 5.74) is 3.32. The lowest BCUT2D eigenvalue weighted by atomic mass is 9.97. The number of carbonyl (C=O) groups excluding carboxylic acids is 3. The molecule has 6 nitrogen and oxygen atoms in total. The maximum Gasteiger partial charge on any atom is 0.257 e. The highest BCUT2D eigenvalue weighted by Gasteiger charge is 2.38. The highest BCUT2D eigenvalue weighted by Crippen LogP contribution is 2.28. The van der Waals surface area contributed by atoms with Crippen LogP contribution in [0.25, 0.3) is 0 Å². The van der Waals surface area contributed by atoms with Crippen LogP contribution in [0.15, 0.2) is 34.6 Å². The minimum Gasteiger partial charge on any atom is -0.499 e. The molecule has 32 heavy (non-hydrogen) atoms. The van der Waals surface area contributed by atoms with Gasteiger partial charge in [0.15, 0.2) is 0 Å². The Morgan fingerprint density at radius 1 is 1.25 bits per heavy atom. The van der Waals surface area contributed by atoms with Crippen LogP contribution in [-0.2, 0) is 19.1 Å². The van der Waals surface area contributed by atoms with Gasteiger partial charge in [-0.25, -0.2) is 0 Å². The Hall–Kier alpha value is -2.08. The lowest BCUT2D eigenvalue weighted by Gasteiger charge is -2.26. The summed E-state index contributed by atoms with van der Waals surface area (Å²) in [4.78, 5) is 39.9. The Morgan fingerprint density at radius 3 is 2.44 bits per heavy atom. The van der Waals surface area contributed by atoms with Gasteiger partial charge in [0, 0.05) is 37.7 Å². The molecule has 0 aromatic rings. The van der Waals surface area contributed by atoms with Crippen LogP contribution in [0.3, 0.4) is 0 Å². The summed E-state index contributed by atoms with van der Waals surface area (Å²) in [6.07, 6.45) is 7.38. The fourth-order valence-electron chi connectivity index (χ4n) is 3.79. The fourth-order valence-corrected chi connectivity index (χ4v) is 4.01. The van der Waals surface area contributed by atoms with E-state index in [4.69, 9.17) is 16.3 Å². The third kappa shape index (κ3) is 8.45. The molecular weight excluding hydrogens is 428 g/mol. The van der Waals surface area contributed by atoms with Gasteiger partial charge in [-0.15, -0.1) is 0 Å². The van der Waals surface area contributed by atoms with E-state index in [9.17, 15) is 14.4 Å². The summed E-state index contributed by atoms with van der Waals surface area (Å²) in [6.45, 7) is 10.2. The van der Waals surface area contributed by atoms with Crippen molar-refractivity contribution in [2.45, 2.75) is 72.8 Å². The molecule has 0 aliphatic carbocycles. The molecule has 2 unspecified atom stereocenters. The van der Waals surface area contributed by atoms with Crippen LogP contribution < -0.4 is 0 Å². The van der Waals surface area contributed by atoms with E-state index in [0.29, 0.717) is 30.2 Å². The molecule has 7 heteroatoms. The Bertz CT molecular complexity index is 770. The first-order chi connectivity index (χ1) is 15.0. The van der Waals surface area contributed by atoms with Gasteiger partial charge in [0.2, 0.25) is 5.91 Å². The largest absolute Gasteiger partial charge is 0.499 e. The number of nitrogens with zero attached hydrogens (tertiary/aromatic N) is 2. The molecule has 0 bridgehead atoms. The van der Waals surface area contributed by atoms with Crippen LogP contribution in [0.4, 0.5) is 0 Å². The highest BCUT2D eigenvalue weighted by molar-refractivity contribution is 6.25. The molecule has 1 rings (SSSR count). The molecule has 180 valence electrons. The first-order valence-electron chi connectivity index (χ1n) is 11.3. The number of hydrogen-bond acceptors (Lipinski definition) is 4. The minimum absolute atomic E-state index is 0.0558. The molecule has 0 fully saturated rings. The predicted octanol–water partition coefficient (Wildman–Crippen LogP) is 5.04. The SMILES string of the molecule is COC1=CC(=O)N(C(=O)C(C)=CC(C)CCC(=CCl)CCCN(C)C(C)=O)C1CC(C)C. The molecule has 0 N–H and O–H groups in total. The number of allylic oxidation sites excluding steroid dienone is 2. The van der Waals surface area contributed by atoms with Crippen molar-refractivity contribution in [3.8, 4) is 0 Å². The lowest BCUT2D eigenvalue weighted by molar-refractivity contribution is -0.140. The van der Waals surface area contributed by atoms with E-state index in [1.807, 2.05) is 6.08 Å². The molecule has 1 aliphatic rings. The van der Waals surface area contributed by atoms with E-state index in [2.05, 4.69) is 20.8 Å². The number of halogens is 1. The zero-order chi connectivity index (χ0) is 24.4. The number of amides is 3. The Morgan fingerprint density at radius 2 is 1.91 bits per heavy atom. The predicted molar refractivity (Wildman–Crippen MR) is 129 cm³/mol. The van der Waals surface area contributed by atoms with Crippen molar-refractivity contribution in [1.82, 2.24) is 9.80 Å². The summed E-state index contributed by atoms with van der Waals surface area (Å²) in [5, 5.41) is 0. The van der Waals surface area contributed by atoms with E-state index in [1.165, 1.54) is 18.1 Å². The van der Waals surface area contributed by atoms with Crippen LogP contribution in [0, 0.1) is 11.8 Å². The molecule has 0 aromatic heterocycles. The van der Waals surface area contributed by atoms with Crippen molar-refractivity contribution in [2.24, 2.45) is 11.8 Å². The second-order valence-corrected chi connectivity index (χ2v) is 9.30. The van der Waals surface area contributed by atoms with Crippen molar-refractivity contribution in [3.63, 3.8) is 0 Å². The smallest absolute Gasteiger partial charge is 0.257 e. The molecule has 0 aromatic carbocycles. The summed E-state index contributed by atoms with van der Waals surface area (Å²) in [7, 11) is 3.33. The summed E-state index contributed by atoms with van der Waals surface area (Å²) >= 11 is 6.00. The van der Waals surface area contributed by atoms with E-state index in [1.54, 1.807) is 31.3 Å². The van der Waals surface area contributed by atoms with Crippen LogP contribution >= 0.6 is 11.6 Å². The molecule has 0 saturated heterocycles. The molecule has 1 aliphatic heterocycles. The van der Waals surface area contributed by atoms with Crippen LogP contribution in [0.2, 0.25) is 0 Å². The fraction of sp³-hybridized carbons (Fsp3) is 0.640. The first-order valence-corrected chi connectivity index (χ1v) is 11.8. The van der Waals surface area contributed by atoms with Crippen molar-refractivity contribution >= 4 is 29.3 Å². The zero-order valence-electron chi connectivity index (χ0n) is 20.6. The average Bonchev–Trinajstić information content (AvgIpc) is 3.03. The van der Waals surface area contributed by atoms with Gasteiger partial charge in [0.05, 0.1) is 13.2 Å². The van der Waals surface area contributed by atoms with Gasteiger partial charge in [0.1, 0.15) is 5.76 Å². The van der Waals surface area contributed by atoms with E-state index < -0.39 is 0 Å². The number of rotatable bonds is 12. The number of hydrogen-bond donors (Lipinski definition) is 0. The van der Waals surface area contributed by atoms with Crippen molar-refractivity contribution in [1.29, 1.82) is 0 Å². The maximum atomic E-state index is 13.1. The third-order valence-corrected chi connectivity index (χ3v) is 6.08. The van der Waals surface area contributed by atoms with Crippen molar-refractivity contribution < 1.29 is 19.1 Å². The average molecular weight is 467 g/mol. The summed E-state index contributed by atoms with van der Waals surface area (Å²) in [5.74, 6) is 0.489. The number of imide groups is 1. The van der Waals surface area contributed by atoms with Gasteiger partial charge in [-0.1, -0.05) is 44.0 Å². The second kappa shape index (κ2) is 13.5. The van der Waals surface area contributed by atoms with Crippen LogP contribution in [0.5, 0.6) is 0 Å². The molecule has 2 atom stereocenters. The van der Waals surface area contributed by atoms with E-state index >= 15 is 0 Å². The summed E-state index contributed by atoms with van der Waals surface area (Å²) in [6, 6.07) is -0.349. The van der Waals surface area contributed by atoms with E-state index in [-0.39, 0.29) is 29.7 Å². The van der Waals surface area contributed by atoms with Gasteiger partial charge in [-0.3, -0.25) is 19.3 Å². The number of carbonyl (C=O) groups is 3. The quantitative estimate of drug-likeness (QED) is 0.378. The van der Waals surface area contributed by atoms with Crippen molar-refractivity contribution in [3.05, 3.63) is 34.6 Å². The monoisotopic (exact) mass is 466 g/mol. The van der Waals surface area contributed by atoms with Crippen molar-refractivity contribution in [2.75, 3.05) is 20.7 Å². The van der Waals surface area contributed by atoms with Crippen LogP contribution in [0.1, 0.15) is 66.7 Å². The molecule has 1 heterocycles. The van der Waals surface area contributed by atoms with Gasteiger partial charge in [0.25, 0.3) is 11.8 Å². The first kappa shape index (κ1) is 28.0. The topological polar surface area (TPSA) is 66.9 Å². The van der Waals surface area contributed by atoms with Gasteiger partial charge in [-0.2, -0.15) is 0 Å². The molecule has 0 spiro atoms. The molecule has 3 amide bonds. The number of ether oxygens (including phenoxy) is 1. The third-order valence-electron chi connectivity index (χ3n) is 5.77. The van der Waals surface area contributed by atoms with E-state index in [0.717, 1.165) is 31.3 Å². The highest BCUT2D eigenvalue weighted by atomic mass is 35.5. The second-order valence-electron chi connectivity index (χ2n) is 9.09. The zero-order valence-corrected chi connectivity index (χ0v) is 21.4. The molecule has 0 saturated carbocycles. The maximum absolute atomic E-state index is 13.1. The molecule has 0 radical (unpaired) electrons. The standard InChI is InChI=1S/C25H39ClN2O4/c1-17(2)13-22-23(32-7)15-24(30)28(22)25(31)19(4)14-18(3)10-11-21(16-26)9-8-12-27(6)20(5)29/h14-18,22H,8-13H2,1-7H3. The minimum atomic E-state index is -0.349. The number of methoxy groups -OCH3 is 1. The lowest BCUT2D eigenvalue weighted by Crippen LogP contribution is -2.41. The van der Waals surface area contributed by atoms with Gasteiger partial charge < -0.3 is 9.64 Å². The van der Waals surface area contributed by atoms with Crippen LogP contribution in [-0.4, -0.2) is 54.3 Å². The van der Waals surface area contributed by atoms with Gasteiger partial charge >= 0.3 is 0 Å².